The van der Waals surface area contributed by atoms with Crippen LogP contribution < -0.4 is 10.5 Å². The van der Waals surface area contributed by atoms with Crippen molar-refractivity contribution < 1.29 is 4.74 Å². The molecule has 0 amide bonds. The zero-order valence-electron chi connectivity index (χ0n) is 9.79. The van der Waals surface area contributed by atoms with Crippen molar-refractivity contribution in [3.63, 3.8) is 0 Å². The van der Waals surface area contributed by atoms with E-state index in [1.165, 1.54) is 0 Å². The minimum Gasteiger partial charge on any atom is -0.480 e. The molecule has 88 valence electrons. The van der Waals surface area contributed by atoms with Crippen molar-refractivity contribution >= 4 is 0 Å². The van der Waals surface area contributed by atoms with Crippen LogP contribution in [0.15, 0.2) is 30.7 Å². The van der Waals surface area contributed by atoms with Gasteiger partial charge in [-0.2, -0.15) is 0 Å². The number of methoxy groups -OCH3 is 1. The fourth-order valence-electron chi connectivity index (χ4n) is 1.53. The van der Waals surface area contributed by atoms with Crippen LogP contribution in [0.5, 0.6) is 5.88 Å². The van der Waals surface area contributed by atoms with Crippen molar-refractivity contribution in [1.82, 2.24) is 15.0 Å². The Morgan fingerprint density at radius 3 is 2.59 bits per heavy atom. The maximum Gasteiger partial charge on any atom is 0.237 e. The number of ether oxygens (including phenoxy) is 1. The maximum absolute atomic E-state index is 6.12. The van der Waals surface area contributed by atoms with Crippen LogP contribution in [0, 0.1) is 6.92 Å². The van der Waals surface area contributed by atoms with Gasteiger partial charge in [0, 0.05) is 24.3 Å². The van der Waals surface area contributed by atoms with Gasteiger partial charge in [-0.05, 0) is 18.6 Å². The van der Waals surface area contributed by atoms with Gasteiger partial charge in [0.25, 0.3) is 0 Å². The third kappa shape index (κ3) is 2.39. The minimum atomic E-state index is -0.383. The second-order valence-electron chi connectivity index (χ2n) is 3.66. The van der Waals surface area contributed by atoms with E-state index in [1.54, 1.807) is 25.7 Å². The maximum atomic E-state index is 6.12. The van der Waals surface area contributed by atoms with E-state index in [2.05, 4.69) is 15.0 Å². The minimum absolute atomic E-state index is 0.383. The standard InChI is InChI=1S/C12H14N4O/c1-8-3-4-9(7-16-8)10(13)11-12(17-2)15-6-5-14-11/h3-7,10H,13H2,1-2H3. The number of hydrogen-bond acceptors (Lipinski definition) is 5. The van der Waals surface area contributed by atoms with E-state index in [-0.39, 0.29) is 6.04 Å². The van der Waals surface area contributed by atoms with Crippen LogP contribution in [0.25, 0.3) is 0 Å². The molecule has 17 heavy (non-hydrogen) atoms. The zero-order valence-corrected chi connectivity index (χ0v) is 9.79. The summed E-state index contributed by atoms with van der Waals surface area (Å²) in [6.45, 7) is 1.93. The summed E-state index contributed by atoms with van der Waals surface area (Å²) in [5.41, 5.74) is 8.57. The van der Waals surface area contributed by atoms with E-state index in [4.69, 9.17) is 10.5 Å². The first-order valence-electron chi connectivity index (χ1n) is 5.25. The molecule has 0 spiro atoms. The smallest absolute Gasteiger partial charge is 0.237 e. The molecule has 1 unspecified atom stereocenters. The van der Waals surface area contributed by atoms with E-state index < -0.39 is 0 Å². The molecular formula is C12H14N4O. The highest BCUT2D eigenvalue weighted by molar-refractivity contribution is 5.31. The lowest BCUT2D eigenvalue weighted by Crippen LogP contribution is -2.15. The Bertz CT molecular complexity index is 498. The molecule has 0 bridgehead atoms. The molecule has 2 heterocycles. The van der Waals surface area contributed by atoms with Crippen LogP contribution in [0.2, 0.25) is 0 Å². The number of nitrogens with zero attached hydrogens (tertiary/aromatic N) is 3. The SMILES string of the molecule is COc1nccnc1C(N)c1ccc(C)nc1. The van der Waals surface area contributed by atoms with Gasteiger partial charge in [-0.15, -0.1) is 0 Å². The van der Waals surface area contributed by atoms with E-state index in [0.717, 1.165) is 11.3 Å². The molecule has 2 N–H and O–H groups in total. The zero-order chi connectivity index (χ0) is 12.3. The molecule has 5 heteroatoms. The van der Waals surface area contributed by atoms with Gasteiger partial charge in [0.15, 0.2) is 0 Å². The highest BCUT2D eigenvalue weighted by Crippen LogP contribution is 2.23. The fourth-order valence-corrected chi connectivity index (χ4v) is 1.53. The average Bonchev–Trinajstić information content (AvgIpc) is 2.39. The summed E-state index contributed by atoms with van der Waals surface area (Å²) in [5, 5.41) is 0. The van der Waals surface area contributed by atoms with Crippen LogP contribution in [-0.4, -0.2) is 22.1 Å². The van der Waals surface area contributed by atoms with Gasteiger partial charge in [-0.1, -0.05) is 6.07 Å². The van der Waals surface area contributed by atoms with Crippen LogP contribution in [0.1, 0.15) is 23.0 Å². The molecule has 2 aromatic rings. The van der Waals surface area contributed by atoms with Crippen molar-refractivity contribution in [1.29, 1.82) is 0 Å². The highest BCUT2D eigenvalue weighted by Gasteiger charge is 2.16. The van der Waals surface area contributed by atoms with E-state index in [1.807, 2.05) is 19.1 Å². The lowest BCUT2D eigenvalue weighted by atomic mass is 10.1. The molecule has 0 fully saturated rings. The monoisotopic (exact) mass is 230 g/mol. The molecule has 1 atom stereocenters. The lowest BCUT2D eigenvalue weighted by Gasteiger charge is -2.13. The first-order valence-corrected chi connectivity index (χ1v) is 5.25. The third-order valence-corrected chi connectivity index (χ3v) is 2.47. The summed E-state index contributed by atoms with van der Waals surface area (Å²) in [4.78, 5) is 12.5. The van der Waals surface area contributed by atoms with Crippen molar-refractivity contribution in [2.24, 2.45) is 5.73 Å². The summed E-state index contributed by atoms with van der Waals surface area (Å²) in [6, 6.07) is 3.46. The Hall–Kier alpha value is -2.01. The first-order chi connectivity index (χ1) is 8.22. The average molecular weight is 230 g/mol. The lowest BCUT2D eigenvalue weighted by molar-refractivity contribution is 0.387. The number of pyridine rings is 1. The van der Waals surface area contributed by atoms with Gasteiger partial charge in [0.2, 0.25) is 5.88 Å². The summed E-state index contributed by atoms with van der Waals surface area (Å²) in [7, 11) is 1.55. The van der Waals surface area contributed by atoms with Crippen LogP contribution in [-0.2, 0) is 0 Å². The topological polar surface area (TPSA) is 73.9 Å². The van der Waals surface area contributed by atoms with Crippen LogP contribution >= 0.6 is 0 Å². The fraction of sp³-hybridized carbons (Fsp3) is 0.250. The van der Waals surface area contributed by atoms with E-state index in [0.29, 0.717) is 11.6 Å². The van der Waals surface area contributed by atoms with Crippen molar-refractivity contribution in [2.45, 2.75) is 13.0 Å². The summed E-state index contributed by atoms with van der Waals surface area (Å²) >= 11 is 0. The molecule has 0 aliphatic rings. The predicted octanol–water partition coefficient (Wildman–Crippen LogP) is 1.24. The molecule has 0 saturated heterocycles. The molecule has 0 aliphatic carbocycles. The van der Waals surface area contributed by atoms with Gasteiger partial charge in [0.05, 0.1) is 13.2 Å². The molecular weight excluding hydrogens is 216 g/mol. The van der Waals surface area contributed by atoms with Crippen molar-refractivity contribution in [3.8, 4) is 5.88 Å². The van der Waals surface area contributed by atoms with Gasteiger partial charge in [-0.25, -0.2) is 4.98 Å². The normalized spacial score (nSPS) is 12.2. The number of aromatic nitrogens is 3. The Kier molecular flexibility index (Phi) is 3.30. The molecule has 0 radical (unpaired) electrons. The quantitative estimate of drug-likeness (QED) is 0.858. The number of nitrogens with two attached hydrogens (primary N) is 1. The van der Waals surface area contributed by atoms with Gasteiger partial charge < -0.3 is 10.5 Å². The molecule has 2 rings (SSSR count). The Labute approximate surface area is 99.7 Å². The van der Waals surface area contributed by atoms with Gasteiger partial charge in [0.1, 0.15) is 5.69 Å². The second-order valence-corrected chi connectivity index (χ2v) is 3.66. The third-order valence-electron chi connectivity index (χ3n) is 2.47. The summed E-state index contributed by atoms with van der Waals surface area (Å²) < 4.78 is 5.14. The number of aryl methyl sites for hydroxylation is 1. The summed E-state index contributed by atoms with van der Waals surface area (Å²) in [5.74, 6) is 0.445. The first kappa shape index (κ1) is 11.5. The second kappa shape index (κ2) is 4.88. The molecule has 5 nitrogen and oxygen atoms in total. The van der Waals surface area contributed by atoms with Crippen LogP contribution in [0.4, 0.5) is 0 Å². The van der Waals surface area contributed by atoms with E-state index >= 15 is 0 Å². The Morgan fingerprint density at radius 1 is 1.18 bits per heavy atom. The Morgan fingerprint density at radius 2 is 1.94 bits per heavy atom. The van der Waals surface area contributed by atoms with Gasteiger partial charge >= 0.3 is 0 Å². The van der Waals surface area contributed by atoms with E-state index in [9.17, 15) is 0 Å². The number of rotatable bonds is 3. The number of hydrogen-bond donors (Lipinski definition) is 1. The summed E-state index contributed by atoms with van der Waals surface area (Å²) in [6.07, 6.45) is 4.91. The van der Waals surface area contributed by atoms with Crippen LogP contribution in [0.3, 0.4) is 0 Å². The molecule has 0 aromatic carbocycles. The predicted molar refractivity (Wildman–Crippen MR) is 63.6 cm³/mol. The molecule has 2 aromatic heterocycles. The van der Waals surface area contributed by atoms with Crippen molar-refractivity contribution in [3.05, 3.63) is 47.7 Å². The Balaban J connectivity index is 2.36. The van der Waals surface area contributed by atoms with Crippen molar-refractivity contribution in [2.75, 3.05) is 7.11 Å². The molecule has 0 aliphatic heterocycles. The van der Waals surface area contributed by atoms with Gasteiger partial charge in [-0.3, -0.25) is 9.97 Å². The highest BCUT2D eigenvalue weighted by atomic mass is 16.5. The molecule has 0 saturated carbocycles. The largest absolute Gasteiger partial charge is 0.480 e.